The zero-order valence-electron chi connectivity index (χ0n) is 20.1. The molecule has 16 heteroatoms. The van der Waals surface area contributed by atoms with Gasteiger partial charge in [0.2, 0.25) is 17.7 Å². The summed E-state index contributed by atoms with van der Waals surface area (Å²) in [6, 6.07) is -5.94. The smallest absolute Gasteiger partial charge is 0.326 e. The maximum atomic E-state index is 12.7. The number of carboxylic acid groups (broad SMARTS) is 3. The van der Waals surface area contributed by atoms with Crippen LogP contribution in [0, 0.1) is 5.92 Å². The van der Waals surface area contributed by atoms with Gasteiger partial charge in [0.05, 0.1) is 18.9 Å². The second-order valence-electron chi connectivity index (χ2n) is 8.40. The number of rotatable bonds is 17. The molecule has 0 bridgehead atoms. The van der Waals surface area contributed by atoms with Crippen LogP contribution in [0.15, 0.2) is 4.99 Å². The van der Waals surface area contributed by atoms with Crippen molar-refractivity contribution >= 4 is 41.6 Å². The van der Waals surface area contributed by atoms with Crippen molar-refractivity contribution in [2.75, 3.05) is 6.54 Å². The van der Waals surface area contributed by atoms with Crippen LogP contribution in [0.25, 0.3) is 0 Å². The lowest BCUT2D eigenvalue weighted by Gasteiger charge is -2.24. The minimum Gasteiger partial charge on any atom is -0.481 e. The molecule has 0 aromatic carbocycles. The van der Waals surface area contributed by atoms with E-state index in [-0.39, 0.29) is 31.3 Å². The fraction of sp³-hybridized carbons (Fsp3) is 0.650. The number of nitrogens with one attached hydrogen (secondary N) is 3. The van der Waals surface area contributed by atoms with E-state index in [1.807, 2.05) is 0 Å². The molecular formula is C20H35N7O9. The highest BCUT2D eigenvalue weighted by Gasteiger charge is 2.32. The molecule has 0 heterocycles. The first-order chi connectivity index (χ1) is 16.6. The molecule has 0 saturated carbocycles. The topological polar surface area (TPSA) is 290 Å². The number of aliphatic carboxylic acids is 3. The average molecular weight is 518 g/mol. The van der Waals surface area contributed by atoms with Gasteiger partial charge in [0.25, 0.3) is 0 Å². The van der Waals surface area contributed by atoms with E-state index in [4.69, 9.17) is 27.4 Å². The standard InChI is InChI=1S/C20H35N7O9/c1-9(2)6-13(19(35)36)27-18(34)12(8-15(30)31)26-17(33)11(7-14(28)29)25-16(32)10(21)4-3-5-24-20(22)23/h9-13H,3-8,21H2,1-2H3,(H,25,32)(H,26,33)(H,27,34)(H,28,29)(H,30,31)(H,35,36)(H4,22,23,24). The molecule has 0 aliphatic carbocycles. The molecule has 36 heavy (non-hydrogen) atoms. The molecule has 16 nitrogen and oxygen atoms in total. The van der Waals surface area contributed by atoms with Crippen molar-refractivity contribution in [3.63, 3.8) is 0 Å². The number of carbonyl (C=O) groups is 6. The molecule has 4 atom stereocenters. The Hall–Kier alpha value is -3.95. The van der Waals surface area contributed by atoms with Crippen molar-refractivity contribution in [3.05, 3.63) is 0 Å². The van der Waals surface area contributed by atoms with Crippen molar-refractivity contribution in [2.24, 2.45) is 28.1 Å². The number of nitrogens with zero attached hydrogens (tertiary/aromatic N) is 1. The van der Waals surface area contributed by atoms with Crippen LogP contribution in [-0.2, 0) is 28.8 Å². The molecule has 0 rings (SSSR count). The van der Waals surface area contributed by atoms with Gasteiger partial charge in [-0.1, -0.05) is 13.8 Å². The van der Waals surface area contributed by atoms with Gasteiger partial charge in [-0.05, 0) is 25.2 Å². The van der Waals surface area contributed by atoms with Gasteiger partial charge in [-0.2, -0.15) is 0 Å². The van der Waals surface area contributed by atoms with Gasteiger partial charge in [0, 0.05) is 6.54 Å². The van der Waals surface area contributed by atoms with E-state index < -0.39 is 72.6 Å². The fourth-order valence-electron chi connectivity index (χ4n) is 2.93. The van der Waals surface area contributed by atoms with E-state index in [1.54, 1.807) is 13.8 Å². The summed E-state index contributed by atoms with van der Waals surface area (Å²) in [6.07, 6.45) is -1.38. The number of nitrogens with two attached hydrogens (primary N) is 3. The lowest BCUT2D eigenvalue weighted by Crippen LogP contribution is -2.58. The van der Waals surface area contributed by atoms with Crippen LogP contribution >= 0.6 is 0 Å². The highest BCUT2D eigenvalue weighted by molar-refractivity contribution is 5.96. The van der Waals surface area contributed by atoms with E-state index in [2.05, 4.69) is 20.9 Å². The van der Waals surface area contributed by atoms with Crippen LogP contribution < -0.4 is 33.2 Å². The minimum absolute atomic E-state index is 0.0353. The molecule has 0 aliphatic rings. The summed E-state index contributed by atoms with van der Waals surface area (Å²) < 4.78 is 0. The summed E-state index contributed by atoms with van der Waals surface area (Å²) in [5, 5.41) is 33.9. The third kappa shape index (κ3) is 13.7. The maximum absolute atomic E-state index is 12.7. The predicted molar refractivity (Wildman–Crippen MR) is 125 cm³/mol. The van der Waals surface area contributed by atoms with Crippen LogP contribution in [0.5, 0.6) is 0 Å². The van der Waals surface area contributed by atoms with Crippen LogP contribution in [0.1, 0.15) is 46.0 Å². The SMILES string of the molecule is CC(C)CC(NC(=O)C(CC(=O)O)NC(=O)C(CC(=O)O)NC(=O)C(N)CCCN=C(N)N)C(=O)O. The normalized spacial score (nSPS) is 14.0. The van der Waals surface area contributed by atoms with Crippen molar-refractivity contribution in [2.45, 2.75) is 70.1 Å². The quantitative estimate of drug-likeness (QED) is 0.0526. The molecule has 0 saturated heterocycles. The van der Waals surface area contributed by atoms with Crippen molar-refractivity contribution in [1.82, 2.24) is 16.0 Å². The third-order valence-electron chi connectivity index (χ3n) is 4.65. The molecule has 3 amide bonds. The minimum atomic E-state index is -1.74. The van der Waals surface area contributed by atoms with Gasteiger partial charge >= 0.3 is 17.9 Å². The number of hydrogen-bond acceptors (Lipinski definition) is 8. The molecule has 4 unspecified atom stereocenters. The third-order valence-corrected chi connectivity index (χ3v) is 4.65. The van der Waals surface area contributed by atoms with Gasteiger partial charge in [-0.25, -0.2) is 4.79 Å². The number of carboxylic acids is 3. The Bertz CT molecular complexity index is 843. The molecule has 0 radical (unpaired) electrons. The van der Waals surface area contributed by atoms with Gasteiger partial charge in [-0.3, -0.25) is 29.0 Å². The molecule has 204 valence electrons. The molecule has 0 fully saturated rings. The Kier molecular flexibility index (Phi) is 14.1. The Morgan fingerprint density at radius 1 is 0.778 bits per heavy atom. The number of hydrogen-bond donors (Lipinski definition) is 9. The Morgan fingerprint density at radius 3 is 1.61 bits per heavy atom. The zero-order valence-corrected chi connectivity index (χ0v) is 20.1. The van der Waals surface area contributed by atoms with Gasteiger partial charge in [-0.15, -0.1) is 0 Å². The summed E-state index contributed by atoms with van der Waals surface area (Å²) in [6.45, 7) is 3.61. The Labute approximate surface area is 207 Å². The van der Waals surface area contributed by atoms with Crippen molar-refractivity contribution < 1.29 is 44.1 Å². The van der Waals surface area contributed by atoms with Crippen LogP contribution in [0.3, 0.4) is 0 Å². The summed E-state index contributed by atoms with van der Waals surface area (Å²) in [7, 11) is 0. The molecule has 0 spiro atoms. The van der Waals surface area contributed by atoms with E-state index in [9.17, 15) is 33.9 Å². The second-order valence-corrected chi connectivity index (χ2v) is 8.40. The van der Waals surface area contributed by atoms with Gasteiger partial charge < -0.3 is 48.5 Å². The highest BCUT2D eigenvalue weighted by Crippen LogP contribution is 2.07. The van der Waals surface area contributed by atoms with E-state index in [0.717, 1.165) is 0 Å². The van der Waals surface area contributed by atoms with Gasteiger partial charge in [0.1, 0.15) is 18.1 Å². The van der Waals surface area contributed by atoms with E-state index in [1.165, 1.54) is 0 Å². The summed E-state index contributed by atoms with van der Waals surface area (Å²) >= 11 is 0. The number of amides is 3. The van der Waals surface area contributed by atoms with E-state index >= 15 is 0 Å². The number of guanidine groups is 1. The summed E-state index contributed by atoms with van der Waals surface area (Å²) in [4.78, 5) is 75.2. The first kappa shape index (κ1) is 32.0. The van der Waals surface area contributed by atoms with Crippen molar-refractivity contribution in [3.8, 4) is 0 Å². The first-order valence-corrected chi connectivity index (χ1v) is 11.0. The Balaban J connectivity index is 5.44. The van der Waals surface area contributed by atoms with Crippen LogP contribution in [-0.4, -0.2) is 87.6 Å². The van der Waals surface area contributed by atoms with Crippen molar-refractivity contribution in [1.29, 1.82) is 0 Å². The maximum Gasteiger partial charge on any atom is 0.326 e. The Morgan fingerprint density at radius 2 is 1.22 bits per heavy atom. The molecular weight excluding hydrogens is 482 g/mol. The zero-order chi connectivity index (χ0) is 28.0. The molecule has 12 N–H and O–H groups in total. The lowest BCUT2D eigenvalue weighted by molar-refractivity contribution is -0.145. The van der Waals surface area contributed by atoms with Gasteiger partial charge in [0.15, 0.2) is 5.96 Å². The monoisotopic (exact) mass is 517 g/mol. The van der Waals surface area contributed by atoms with E-state index in [0.29, 0.717) is 6.42 Å². The predicted octanol–water partition coefficient (Wildman–Crippen LogP) is -3.10. The number of carbonyl (C=O) groups excluding carboxylic acids is 3. The molecule has 0 aromatic heterocycles. The fourth-order valence-corrected chi connectivity index (χ4v) is 2.93. The molecule has 0 aliphatic heterocycles. The summed E-state index contributed by atoms with van der Waals surface area (Å²) in [5.41, 5.74) is 16.1. The van der Waals surface area contributed by atoms with Crippen LogP contribution in [0.2, 0.25) is 0 Å². The lowest BCUT2D eigenvalue weighted by atomic mass is 10.0. The largest absolute Gasteiger partial charge is 0.481 e. The molecule has 0 aromatic rings. The first-order valence-electron chi connectivity index (χ1n) is 11.0. The summed E-state index contributed by atoms with van der Waals surface area (Å²) in [5.74, 6) is -7.74. The second kappa shape index (κ2) is 15.9. The average Bonchev–Trinajstić information content (AvgIpc) is 2.73. The number of aliphatic imine (C=N–C) groups is 1. The highest BCUT2D eigenvalue weighted by atomic mass is 16.4. The van der Waals surface area contributed by atoms with Crippen LogP contribution in [0.4, 0.5) is 0 Å².